The van der Waals surface area contributed by atoms with Gasteiger partial charge in [-0.05, 0) is 65.7 Å². The van der Waals surface area contributed by atoms with Crippen LogP contribution < -0.4 is 16.0 Å². The van der Waals surface area contributed by atoms with E-state index in [1.807, 2.05) is 0 Å². The van der Waals surface area contributed by atoms with Crippen LogP contribution >= 0.6 is 27.7 Å². The molecule has 5 rings (SSSR count). The summed E-state index contributed by atoms with van der Waals surface area (Å²) in [5, 5.41) is 5.67. The monoisotopic (exact) mass is 801 g/mol. The van der Waals surface area contributed by atoms with Gasteiger partial charge in [0.05, 0.1) is 0 Å². The van der Waals surface area contributed by atoms with E-state index >= 15 is 0 Å². The summed E-state index contributed by atoms with van der Waals surface area (Å²) in [4.78, 5) is 40.0. The van der Waals surface area contributed by atoms with Crippen LogP contribution in [-0.4, -0.2) is 17.7 Å². The summed E-state index contributed by atoms with van der Waals surface area (Å²) < 4.78 is 97.7. The minimum atomic E-state index is -5.75. The van der Waals surface area contributed by atoms with Gasteiger partial charge in [-0.25, -0.2) is 17.6 Å². The van der Waals surface area contributed by atoms with E-state index in [1.165, 1.54) is 42.5 Å². The Bertz CT molecular complexity index is 2100. The number of alkyl halides is 3. The lowest BCUT2D eigenvalue weighted by molar-refractivity contribution is -0.143. The molecule has 0 bridgehead atoms. The van der Waals surface area contributed by atoms with E-state index in [1.54, 1.807) is 78.1 Å². The van der Waals surface area contributed by atoms with Crippen molar-refractivity contribution in [1.29, 1.82) is 0 Å². The first-order valence-corrected chi connectivity index (χ1v) is 16.6. The lowest BCUT2D eigenvalue weighted by Crippen LogP contribution is -2.30. The molecule has 0 aliphatic rings. The number of carbonyl (C=O) groups is 3. The first kappa shape index (κ1) is 37.8. The van der Waals surface area contributed by atoms with Gasteiger partial charge in [-0.1, -0.05) is 76.6 Å². The first-order valence-electron chi connectivity index (χ1n) is 14.9. The number of amides is 3. The van der Waals surface area contributed by atoms with E-state index in [2.05, 4.69) is 26.6 Å². The molecule has 0 radical (unpaired) electrons. The summed E-state index contributed by atoms with van der Waals surface area (Å²) in [5.74, 6) is -12.7. The van der Waals surface area contributed by atoms with Gasteiger partial charge >= 0.3 is 6.18 Å². The topological polar surface area (TPSA) is 87.3 Å². The first-order chi connectivity index (χ1) is 24.7. The average Bonchev–Trinajstić information content (AvgIpc) is 3.13. The van der Waals surface area contributed by atoms with Gasteiger partial charge in [0.25, 0.3) is 11.8 Å². The predicted octanol–water partition coefficient (Wildman–Crippen LogP) is 9.91. The van der Waals surface area contributed by atoms with E-state index < -0.39 is 63.7 Å². The van der Waals surface area contributed by atoms with Crippen LogP contribution in [0.15, 0.2) is 124 Å². The van der Waals surface area contributed by atoms with Crippen LogP contribution in [0.25, 0.3) is 6.08 Å². The van der Waals surface area contributed by atoms with Crippen molar-refractivity contribution in [2.24, 2.45) is 0 Å². The molecule has 1 unspecified atom stereocenters. The van der Waals surface area contributed by atoms with Gasteiger partial charge in [0.1, 0.15) is 22.2 Å². The fourth-order valence-electron chi connectivity index (χ4n) is 4.70. The number of thioether (sulfide) groups is 1. The Kier molecular flexibility index (Phi) is 11.9. The zero-order chi connectivity index (χ0) is 37.6. The Balaban J connectivity index is 1.37. The standard InChI is InChI=1S/C37H23BrF7N3O3S/c38-23-13-11-20(12-14-23)19-26(47-34(49)22-9-5-2-6-10-22)35(50)46-24-15-17-25(18-16-24)52-33(21-7-3-1-4-8-21)36(51)48-32-30(41)28(39)27(37(43,44)45)29(40)31(32)42/h1-19,33H,(H,46,50)(H,47,49)(H,48,51)/b26-19-. The molecule has 0 saturated heterocycles. The van der Waals surface area contributed by atoms with Crippen LogP contribution in [0.2, 0.25) is 0 Å². The highest BCUT2D eigenvalue weighted by atomic mass is 79.9. The number of hydrogen-bond acceptors (Lipinski definition) is 4. The molecule has 0 saturated carbocycles. The lowest BCUT2D eigenvalue weighted by Gasteiger charge is -2.19. The molecule has 0 spiro atoms. The molecule has 1 atom stereocenters. The summed E-state index contributed by atoms with van der Waals surface area (Å²) in [7, 11) is 0. The fraction of sp³-hybridized carbons (Fsp3) is 0.0541. The minimum Gasteiger partial charge on any atom is -0.321 e. The number of anilines is 2. The average molecular weight is 803 g/mol. The molecule has 6 nitrogen and oxygen atoms in total. The van der Waals surface area contributed by atoms with Crippen LogP contribution in [-0.2, 0) is 15.8 Å². The summed E-state index contributed by atoms with van der Waals surface area (Å²) in [6.45, 7) is 0. The maximum absolute atomic E-state index is 14.6. The quantitative estimate of drug-likeness (QED) is 0.0568. The molecule has 5 aromatic rings. The van der Waals surface area contributed by atoms with Gasteiger partial charge in [-0.15, -0.1) is 11.8 Å². The number of halogens is 8. The molecule has 0 aliphatic heterocycles. The Labute approximate surface area is 304 Å². The number of hydrogen-bond donors (Lipinski definition) is 3. The normalized spacial score (nSPS) is 12.2. The molecule has 15 heteroatoms. The maximum Gasteiger partial charge on any atom is 0.422 e. The molecule has 0 heterocycles. The van der Waals surface area contributed by atoms with Gasteiger partial charge in [-0.2, -0.15) is 13.2 Å². The van der Waals surface area contributed by atoms with Crippen LogP contribution in [0.1, 0.15) is 32.3 Å². The summed E-state index contributed by atoms with van der Waals surface area (Å²) in [5.41, 5.74) is -3.10. The smallest absolute Gasteiger partial charge is 0.321 e. The Morgan fingerprint density at radius 1 is 0.692 bits per heavy atom. The Hall–Kier alpha value is -5.41. The van der Waals surface area contributed by atoms with Crippen molar-refractivity contribution in [1.82, 2.24) is 5.32 Å². The van der Waals surface area contributed by atoms with Crippen LogP contribution in [0.5, 0.6) is 0 Å². The minimum absolute atomic E-state index is 0.0777. The highest BCUT2D eigenvalue weighted by molar-refractivity contribution is 9.10. The van der Waals surface area contributed by atoms with Crippen molar-refractivity contribution in [3.8, 4) is 0 Å². The third kappa shape index (κ3) is 9.08. The summed E-state index contributed by atoms with van der Waals surface area (Å²) >= 11 is 4.18. The zero-order valence-corrected chi connectivity index (χ0v) is 28.6. The van der Waals surface area contributed by atoms with Crippen LogP contribution in [0.3, 0.4) is 0 Å². The van der Waals surface area contributed by atoms with Gasteiger partial charge in [-0.3, -0.25) is 14.4 Å². The van der Waals surface area contributed by atoms with Gasteiger partial charge in [0.15, 0.2) is 23.3 Å². The molecule has 52 heavy (non-hydrogen) atoms. The Morgan fingerprint density at radius 2 is 1.25 bits per heavy atom. The van der Waals surface area contributed by atoms with Gasteiger partial charge in [0.2, 0.25) is 5.91 Å². The van der Waals surface area contributed by atoms with Crippen molar-refractivity contribution in [2.75, 3.05) is 10.6 Å². The van der Waals surface area contributed by atoms with E-state index in [9.17, 15) is 45.1 Å². The van der Waals surface area contributed by atoms with Crippen molar-refractivity contribution >= 4 is 62.9 Å². The third-order valence-corrected chi connectivity index (χ3v) is 9.01. The third-order valence-electron chi connectivity index (χ3n) is 7.21. The van der Waals surface area contributed by atoms with Crippen molar-refractivity contribution in [2.45, 2.75) is 16.3 Å². The molecule has 0 aromatic heterocycles. The van der Waals surface area contributed by atoms with E-state index in [-0.39, 0.29) is 16.9 Å². The number of carbonyl (C=O) groups excluding carboxylic acids is 3. The highest BCUT2D eigenvalue weighted by Crippen LogP contribution is 2.40. The molecular weight excluding hydrogens is 779 g/mol. The second-order valence-corrected chi connectivity index (χ2v) is 12.9. The van der Waals surface area contributed by atoms with Crippen molar-refractivity contribution in [3.05, 3.63) is 165 Å². The maximum atomic E-state index is 14.6. The highest BCUT2D eigenvalue weighted by Gasteiger charge is 2.43. The second-order valence-electron chi connectivity index (χ2n) is 10.8. The molecule has 3 N–H and O–H groups in total. The van der Waals surface area contributed by atoms with Crippen molar-refractivity contribution in [3.63, 3.8) is 0 Å². The van der Waals surface area contributed by atoms with Crippen molar-refractivity contribution < 1.29 is 45.1 Å². The molecular formula is C37H23BrF7N3O3S. The number of nitrogens with one attached hydrogen (secondary N) is 3. The Morgan fingerprint density at radius 3 is 1.81 bits per heavy atom. The van der Waals surface area contributed by atoms with E-state index in [0.717, 1.165) is 16.2 Å². The van der Waals surface area contributed by atoms with Gasteiger partial charge in [0, 0.05) is 20.6 Å². The van der Waals surface area contributed by atoms with Crippen LogP contribution in [0.4, 0.5) is 42.1 Å². The van der Waals surface area contributed by atoms with Crippen LogP contribution in [0, 0.1) is 23.3 Å². The molecule has 5 aromatic carbocycles. The van der Waals surface area contributed by atoms with E-state index in [4.69, 9.17) is 0 Å². The molecule has 0 aliphatic carbocycles. The zero-order valence-electron chi connectivity index (χ0n) is 26.2. The largest absolute Gasteiger partial charge is 0.422 e. The lowest BCUT2D eigenvalue weighted by atomic mass is 10.1. The number of rotatable bonds is 10. The SMILES string of the molecule is O=C(Nc1ccc(SC(C(=O)Nc2c(F)c(F)c(C(F)(F)F)c(F)c2F)c2ccccc2)cc1)/C(=C/c1ccc(Br)cc1)NC(=O)c1ccccc1. The summed E-state index contributed by atoms with van der Waals surface area (Å²) in [6, 6.07) is 28.8. The molecule has 0 fully saturated rings. The summed E-state index contributed by atoms with van der Waals surface area (Å²) in [6.07, 6.45) is -4.27. The molecule has 3 amide bonds. The number of benzene rings is 5. The van der Waals surface area contributed by atoms with Gasteiger partial charge < -0.3 is 16.0 Å². The fourth-order valence-corrected chi connectivity index (χ4v) is 5.99. The van der Waals surface area contributed by atoms with E-state index in [0.29, 0.717) is 16.0 Å². The predicted molar refractivity (Wildman–Crippen MR) is 186 cm³/mol. The second kappa shape index (κ2) is 16.3. The molecule has 266 valence electrons.